The molecule has 24 heavy (non-hydrogen) atoms. The van der Waals surface area contributed by atoms with Crippen molar-refractivity contribution in [2.75, 3.05) is 19.7 Å². The normalized spacial score (nSPS) is 10.5. The molecule has 0 aliphatic rings. The Labute approximate surface area is 148 Å². The van der Waals surface area contributed by atoms with E-state index >= 15 is 0 Å². The molecule has 0 fully saturated rings. The summed E-state index contributed by atoms with van der Waals surface area (Å²) in [5.74, 6) is 0.609. The lowest BCUT2D eigenvalue weighted by Gasteiger charge is -2.11. The fraction of sp³-hybridized carbons (Fsp3) is 0.316. The maximum Gasteiger partial charge on any atom is 0.251 e. The number of carbonyl (C=O) groups excluding carboxylic acids is 1. The van der Waals surface area contributed by atoms with Gasteiger partial charge in [0.25, 0.3) is 5.91 Å². The van der Waals surface area contributed by atoms with E-state index < -0.39 is 0 Å². The van der Waals surface area contributed by atoms with Crippen molar-refractivity contribution >= 4 is 17.5 Å². The molecule has 0 atom stereocenters. The molecule has 2 aromatic carbocycles. The van der Waals surface area contributed by atoms with Crippen LogP contribution in [0, 0.1) is 6.92 Å². The quantitative estimate of drug-likeness (QED) is 0.720. The zero-order valence-corrected chi connectivity index (χ0v) is 14.6. The van der Waals surface area contributed by atoms with Crippen LogP contribution >= 0.6 is 11.6 Å². The van der Waals surface area contributed by atoms with E-state index in [2.05, 4.69) is 5.32 Å². The molecule has 2 rings (SSSR count). The number of hydrogen-bond acceptors (Lipinski definition) is 3. The van der Waals surface area contributed by atoms with Gasteiger partial charge in [-0.05, 0) is 55.2 Å². The molecule has 0 saturated heterocycles. The van der Waals surface area contributed by atoms with Crippen molar-refractivity contribution in [2.24, 2.45) is 5.73 Å². The third kappa shape index (κ3) is 5.55. The van der Waals surface area contributed by atoms with E-state index in [4.69, 9.17) is 22.1 Å². The molecular formula is C19H23ClN2O2. The molecule has 0 radical (unpaired) electrons. The second-order valence-electron chi connectivity index (χ2n) is 5.60. The molecule has 0 bridgehead atoms. The van der Waals surface area contributed by atoms with Gasteiger partial charge < -0.3 is 15.8 Å². The molecule has 0 aliphatic heterocycles. The molecule has 5 heteroatoms. The van der Waals surface area contributed by atoms with E-state index in [0.717, 1.165) is 23.4 Å². The Bertz CT molecular complexity index is 672. The van der Waals surface area contributed by atoms with Crippen molar-refractivity contribution in [3.63, 3.8) is 0 Å². The standard InChI is InChI=1S/C19H23ClN2O2/c1-14-4-7-16(13-18(14)24-12-10-21)19(23)22-11-2-3-15-5-8-17(20)9-6-15/h4-9,13H,2-3,10-12,21H2,1H3,(H,22,23). The van der Waals surface area contributed by atoms with Gasteiger partial charge in [0, 0.05) is 23.7 Å². The van der Waals surface area contributed by atoms with Gasteiger partial charge >= 0.3 is 0 Å². The summed E-state index contributed by atoms with van der Waals surface area (Å²) in [5, 5.41) is 3.67. The maximum atomic E-state index is 12.2. The van der Waals surface area contributed by atoms with Crippen LogP contribution < -0.4 is 15.8 Å². The van der Waals surface area contributed by atoms with Gasteiger partial charge in [-0.25, -0.2) is 0 Å². The highest BCUT2D eigenvalue weighted by Gasteiger charge is 2.08. The number of halogens is 1. The Morgan fingerprint density at radius 1 is 1.21 bits per heavy atom. The monoisotopic (exact) mass is 346 g/mol. The molecule has 2 aromatic rings. The Morgan fingerprint density at radius 3 is 2.67 bits per heavy atom. The number of nitrogens with two attached hydrogens (primary N) is 1. The molecule has 0 saturated carbocycles. The van der Waals surface area contributed by atoms with Gasteiger partial charge in [0.1, 0.15) is 12.4 Å². The Kier molecular flexibility index (Phi) is 7.09. The van der Waals surface area contributed by atoms with E-state index in [1.807, 2.05) is 37.3 Å². The summed E-state index contributed by atoms with van der Waals surface area (Å²) in [4.78, 5) is 12.2. The van der Waals surface area contributed by atoms with Crippen molar-refractivity contribution < 1.29 is 9.53 Å². The molecule has 0 heterocycles. The number of nitrogens with one attached hydrogen (secondary N) is 1. The lowest BCUT2D eigenvalue weighted by molar-refractivity contribution is 0.0952. The number of aryl methyl sites for hydroxylation is 2. The molecule has 0 aliphatic carbocycles. The first kappa shape index (κ1) is 18.3. The van der Waals surface area contributed by atoms with Crippen LogP contribution in [0.15, 0.2) is 42.5 Å². The third-order valence-electron chi connectivity index (χ3n) is 3.67. The summed E-state index contributed by atoms with van der Waals surface area (Å²) >= 11 is 5.86. The van der Waals surface area contributed by atoms with E-state index in [1.165, 1.54) is 5.56 Å². The lowest BCUT2D eigenvalue weighted by atomic mass is 10.1. The summed E-state index contributed by atoms with van der Waals surface area (Å²) in [6, 6.07) is 13.2. The van der Waals surface area contributed by atoms with Crippen molar-refractivity contribution in [3.05, 3.63) is 64.2 Å². The minimum atomic E-state index is -0.0938. The van der Waals surface area contributed by atoms with Crippen LogP contribution in [-0.4, -0.2) is 25.6 Å². The number of ether oxygens (including phenoxy) is 1. The second kappa shape index (κ2) is 9.30. The van der Waals surface area contributed by atoms with Crippen molar-refractivity contribution in [2.45, 2.75) is 19.8 Å². The van der Waals surface area contributed by atoms with E-state index in [-0.39, 0.29) is 5.91 Å². The number of rotatable bonds is 8. The van der Waals surface area contributed by atoms with Crippen molar-refractivity contribution in [1.82, 2.24) is 5.32 Å². The van der Waals surface area contributed by atoms with Crippen LogP contribution in [0.5, 0.6) is 5.75 Å². The third-order valence-corrected chi connectivity index (χ3v) is 3.92. The Hall–Kier alpha value is -2.04. The van der Waals surface area contributed by atoms with Crippen LogP contribution in [0.2, 0.25) is 5.02 Å². The fourth-order valence-electron chi connectivity index (χ4n) is 2.31. The highest BCUT2D eigenvalue weighted by atomic mass is 35.5. The van der Waals surface area contributed by atoms with Gasteiger partial charge in [-0.3, -0.25) is 4.79 Å². The summed E-state index contributed by atoms with van der Waals surface area (Å²) in [6.07, 6.45) is 1.77. The molecule has 0 aromatic heterocycles. The van der Waals surface area contributed by atoms with Gasteiger partial charge in [0.2, 0.25) is 0 Å². The minimum absolute atomic E-state index is 0.0938. The minimum Gasteiger partial charge on any atom is -0.492 e. The molecule has 0 spiro atoms. The topological polar surface area (TPSA) is 64.3 Å². The van der Waals surface area contributed by atoms with Gasteiger partial charge in [0.15, 0.2) is 0 Å². The highest BCUT2D eigenvalue weighted by molar-refractivity contribution is 6.30. The summed E-state index contributed by atoms with van der Waals surface area (Å²) in [6.45, 7) is 3.45. The second-order valence-corrected chi connectivity index (χ2v) is 6.04. The van der Waals surface area contributed by atoms with Gasteiger partial charge in [-0.2, -0.15) is 0 Å². The first-order valence-electron chi connectivity index (χ1n) is 8.06. The molecule has 0 unspecified atom stereocenters. The largest absolute Gasteiger partial charge is 0.492 e. The maximum absolute atomic E-state index is 12.2. The zero-order chi connectivity index (χ0) is 17.4. The molecule has 128 valence electrons. The number of amides is 1. The van der Waals surface area contributed by atoms with Crippen LogP contribution in [0.1, 0.15) is 27.9 Å². The van der Waals surface area contributed by atoms with Crippen LogP contribution in [-0.2, 0) is 6.42 Å². The van der Waals surface area contributed by atoms with Crippen molar-refractivity contribution in [1.29, 1.82) is 0 Å². The summed E-state index contributed by atoms with van der Waals surface area (Å²) in [7, 11) is 0. The Morgan fingerprint density at radius 2 is 1.96 bits per heavy atom. The van der Waals surface area contributed by atoms with E-state index in [1.54, 1.807) is 12.1 Å². The average molecular weight is 347 g/mol. The van der Waals surface area contributed by atoms with Crippen LogP contribution in [0.25, 0.3) is 0 Å². The van der Waals surface area contributed by atoms with Crippen LogP contribution in [0.3, 0.4) is 0 Å². The predicted octanol–water partition coefficient (Wildman–Crippen LogP) is 3.35. The fourth-order valence-corrected chi connectivity index (χ4v) is 2.44. The Balaban J connectivity index is 1.82. The number of benzene rings is 2. The molecule has 4 nitrogen and oxygen atoms in total. The van der Waals surface area contributed by atoms with Gasteiger partial charge in [0.05, 0.1) is 0 Å². The summed E-state index contributed by atoms with van der Waals surface area (Å²) in [5.41, 5.74) is 8.24. The lowest BCUT2D eigenvalue weighted by Crippen LogP contribution is -2.25. The molecule has 1 amide bonds. The van der Waals surface area contributed by atoms with Crippen molar-refractivity contribution in [3.8, 4) is 5.75 Å². The zero-order valence-electron chi connectivity index (χ0n) is 13.8. The first-order valence-corrected chi connectivity index (χ1v) is 8.44. The SMILES string of the molecule is Cc1ccc(C(=O)NCCCc2ccc(Cl)cc2)cc1OCCN. The average Bonchev–Trinajstić information content (AvgIpc) is 2.59. The smallest absolute Gasteiger partial charge is 0.251 e. The summed E-state index contributed by atoms with van der Waals surface area (Å²) < 4.78 is 5.55. The molecular weight excluding hydrogens is 324 g/mol. The molecule has 3 N–H and O–H groups in total. The first-order chi connectivity index (χ1) is 11.6. The van der Waals surface area contributed by atoms with E-state index in [9.17, 15) is 4.79 Å². The van der Waals surface area contributed by atoms with E-state index in [0.29, 0.717) is 31.0 Å². The number of carbonyl (C=O) groups is 1. The van der Waals surface area contributed by atoms with Gasteiger partial charge in [-0.1, -0.05) is 29.8 Å². The van der Waals surface area contributed by atoms with Gasteiger partial charge in [-0.15, -0.1) is 0 Å². The highest BCUT2D eigenvalue weighted by Crippen LogP contribution is 2.19. The number of hydrogen-bond donors (Lipinski definition) is 2. The van der Waals surface area contributed by atoms with Crippen LogP contribution in [0.4, 0.5) is 0 Å². The predicted molar refractivity (Wildman–Crippen MR) is 97.8 cm³/mol.